The first-order valence-corrected chi connectivity index (χ1v) is 7.78. The van der Waals surface area contributed by atoms with Gasteiger partial charge in [0.25, 0.3) is 0 Å². The van der Waals surface area contributed by atoms with Crippen molar-refractivity contribution in [3.63, 3.8) is 0 Å². The minimum atomic E-state index is 0.219. The van der Waals surface area contributed by atoms with Crippen LogP contribution >= 0.6 is 0 Å². The summed E-state index contributed by atoms with van der Waals surface area (Å²) in [6.07, 6.45) is 6.21. The molecule has 0 amide bonds. The van der Waals surface area contributed by atoms with Crippen LogP contribution in [0.25, 0.3) is 0 Å². The summed E-state index contributed by atoms with van der Waals surface area (Å²) in [7, 11) is 1.77. The smallest absolute Gasteiger partial charge is 0.0594 e. The van der Waals surface area contributed by atoms with E-state index in [0.29, 0.717) is 5.92 Å². The number of morpholine rings is 1. The molecule has 1 heterocycles. The summed E-state index contributed by atoms with van der Waals surface area (Å²) in [6, 6.07) is 0.253. The molecule has 19 heavy (non-hydrogen) atoms. The number of nitrogens with zero attached hydrogens (tertiary/aromatic N) is 1. The minimum absolute atomic E-state index is 0.219. The van der Waals surface area contributed by atoms with Gasteiger partial charge in [0.1, 0.15) is 0 Å². The zero-order valence-corrected chi connectivity index (χ0v) is 12.6. The lowest BCUT2D eigenvalue weighted by atomic mass is 9.78. The molecule has 0 aromatic heterocycles. The van der Waals surface area contributed by atoms with Gasteiger partial charge in [-0.3, -0.25) is 4.90 Å². The van der Waals surface area contributed by atoms with Crippen LogP contribution in [0.15, 0.2) is 0 Å². The highest BCUT2D eigenvalue weighted by Gasteiger charge is 2.46. The second-order valence-corrected chi connectivity index (χ2v) is 6.19. The van der Waals surface area contributed by atoms with Crippen LogP contribution in [0.2, 0.25) is 0 Å². The monoisotopic (exact) mass is 270 g/mol. The van der Waals surface area contributed by atoms with E-state index < -0.39 is 0 Å². The van der Waals surface area contributed by atoms with E-state index in [1.165, 1.54) is 25.7 Å². The fourth-order valence-corrected chi connectivity index (χ4v) is 3.87. The van der Waals surface area contributed by atoms with Crippen molar-refractivity contribution >= 4 is 0 Å². The second kappa shape index (κ2) is 7.02. The van der Waals surface area contributed by atoms with E-state index in [9.17, 15) is 0 Å². The lowest BCUT2D eigenvalue weighted by Crippen LogP contribution is -2.63. The molecule has 2 atom stereocenters. The van der Waals surface area contributed by atoms with E-state index in [1.807, 2.05) is 0 Å². The van der Waals surface area contributed by atoms with Gasteiger partial charge in [-0.15, -0.1) is 0 Å². The molecule has 0 spiro atoms. The number of nitrogens with two attached hydrogens (primary N) is 1. The quantitative estimate of drug-likeness (QED) is 0.797. The summed E-state index contributed by atoms with van der Waals surface area (Å²) in [6.45, 7) is 6.91. The van der Waals surface area contributed by atoms with Crippen molar-refractivity contribution in [2.24, 2.45) is 11.7 Å². The number of hydrogen-bond acceptors (Lipinski definition) is 4. The second-order valence-electron chi connectivity index (χ2n) is 6.19. The summed E-state index contributed by atoms with van der Waals surface area (Å²) in [5.74, 6) is 0.515. The van der Waals surface area contributed by atoms with Crippen LogP contribution in [0.3, 0.4) is 0 Å². The maximum Gasteiger partial charge on any atom is 0.0594 e. The Balaban J connectivity index is 2.04. The SMILES string of the molecule is COCCC(C)C(N)C1(N2CCOCC2)CCCC1. The van der Waals surface area contributed by atoms with E-state index in [-0.39, 0.29) is 11.6 Å². The molecule has 0 radical (unpaired) electrons. The Kier molecular flexibility index (Phi) is 5.63. The zero-order chi connectivity index (χ0) is 13.7. The van der Waals surface area contributed by atoms with E-state index in [1.54, 1.807) is 7.11 Å². The molecule has 0 aromatic rings. The van der Waals surface area contributed by atoms with Crippen molar-refractivity contribution in [2.75, 3.05) is 40.0 Å². The fraction of sp³-hybridized carbons (Fsp3) is 1.00. The maximum atomic E-state index is 6.69. The largest absolute Gasteiger partial charge is 0.385 e. The Morgan fingerprint density at radius 3 is 2.47 bits per heavy atom. The molecule has 1 saturated carbocycles. The molecule has 0 aromatic carbocycles. The van der Waals surface area contributed by atoms with E-state index in [2.05, 4.69) is 11.8 Å². The summed E-state index contributed by atoms with van der Waals surface area (Å²) in [4.78, 5) is 2.62. The first-order chi connectivity index (χ1) is 9.20. The minimum Gasteiger partial charge on any atom is -0.385 e. The van der Waals surface area contributed by atoms with Gasteiger partial charge >= 0.3 is 0 Å². The van der Waals surface area contributed by atoms with Gasteiger partial charge in [0.2, 0.25) is 0 Å². The summed E-state index contributed by atoms with van der Waals surface area (Å²) in [5, 5.41) is 0. The van der Waals surface area contributed by atoms with E-state index in [4.69, 9.17) is 15.2 Å². The summed E-state index contributed by atoms with van der Waals surface area (Å²) < 4.78 is 10.7. The predicted octanol–water partition coefficient (Wildman–Crippen LogP) is 1.63. The number of hydrogen-bond donors (Lipinski definition) is 1. The normalized spacial score (nSPS) is 27.3. The van der Waals surface area contributed by atoms with Gasteiger partial charge in [-0.2, -0.15) is 0 Å². The molecule has 2 fully saturated rings. The molecule has 2 aliphatic rings. The van der Waals surface area contributed by atoms with Crippen molar-refractivity contribution in [3.8, 4) is 0 Å². The lowest BCUT2D eigenvalue weighted by molar-refractivity contribution is -0.0387. The van der Waals surface area contributed by atoms with Gasteiger partial charge in [-0.05, 0) is 25.2 Å². The van der Waals surface area contributed by atoms with E-state index >= 15 is 0 Å². The molecule has 2 rings (SSSR count). The molecule has 0 bridgehead atoms. The van der Waals surface area contributed by atoms with Crippen molar-refractivity contribution in [1.82, 2.24) is 4.90 Å². The molecular weight excluding hydrogens is 240 g/mol. The van der Waals surface area contributed by atoms with Crippen molar-refractivity contribution in [3.05, 3.63) is 0 Å². The number of rotatable bonds is 6. The number of methoxy groups -OCH3 is 1. The van der Waals surface area contributed by atoms with Crippen LogP contribution < -0.4 is 5.73 Å². The Hall–Kier alpha value is -0.160. The molecule has 112 valence electrons. The predicted molar refractivity (Wildman–Crippen MR) is 77.2 cm³/mol. The molecule has 1 aliphatic carbocycles. The van der Waals surface area contributed by atoms with Gasteiger partial charge in [-0.1, -0.05) is 19.8 Å². The topological polar surface area (TPSA) is 47.7 Å². The molecule has 2 unspecified atom stereocenters. The van der Waals surface area contributed by atoms with Crippen LogP contribution in [0.5, 0.6) is 0 Å². The van der Waals surface area contributed by atoms with Gasteiger partial charge in [-0.25, -0.2) is 0 Å². The Morgan fingerprint density at radius 1 is 1.26 bits per heavy atom. The molecule has 1 saturated heterocycles. The molecule has 4 nitrogen and oxygen atoms in total. The number of ether oxygens (including phenoxy) is 2. The first kappa shape index (κ1) is 15.2. The Morgan fingerprint density at radius 2 is 1.89 bits per heavy atom. The summed E-state index contributed by atoms with van der Waals surface area (Å²) in [5.41, 5.74) is 6.91. The van der Waals surface area contributed by atoms with Gasteiger partial charge in [0.05, 0.1) is 13.2 Å². The van der Waals surface area contributed by atoms with E-state index in [0.717, 1.165) is 39.3 Å². The Labute approximate surface area is 117 Å². The van der Waals surface area contributed by atoms with Gasteiger partial charge < -0.3 is 15.2 Å². The van der Waals surface area contributed by atoms with Crippen molar-refractivity contribution in [2.45, 2.75) is 50.6 Å². The standard InChI is InChI=1S/C15H30N2O2/c1-13(5-10-18-2)14(16)15(6-3-4-7-15)17-8-11-19-12-9-17/h13-14H,3-12,16H2,1-2H3. The van der Waals surface area contributed by atoms with Crippen LogP contribution in [0.1, 0.15) is 39.0 Å². The van der Waals surface area contributed by atoms with Gasteiger partial charge in [0.15, 0.2) is 0 Å². The highest BCUT2D eigenvalue weighted by atomic mass is 16.5. The lowest BCUT2D eigenvalue weighted by Gasteiger charge is -2.49. The van der Waals surface area contributed by atoms with Gasteiger partial charge in [0, 0.05) is 38.4 Å². The van der Waals surface area contributed by atoms with Crippen LogP contribution in [-0.2, 0) is 9.47 Å². The first-order valence-electron chi connectivity index (χ1n) is 7.78. The Bertz CT molecular complexity index is 261. The third-order valence-corrected chi connectivity index (χ3v) is 5.12. The van der Waals surface area contributed by atoms with Crippen LogP contribution in [0.4, 0.5) is 0 Å². The van der Waals surface area contributed by atoms with Crippen molar-refractivity contribution in [1.29, 1.82) is 0 Å². The fourth-order valence-electron chi connectivity index (χ4n) is 3.87. The average molecular weight is 270 g/mol. The molecule has 2 N–H and O–H groups in total. The molecule has 1 aliphatic heterocycles. The highest BCUT2D eigenvalue weighted by Crippen LogP contribution is 2.40. The van der Waals surface area contributed by atoms with Crippen LogP contribution in [0, 0.1) is 5.92 Å². The molecule has 4 heteroatoms. The highest BCUT2D eigenvalue weighted by molar-refractivity contribution is 5.04. The summed E-state index contributed by atoms with van der Waals surface area (Å²) >= 11 is 0. The maximum absolute atomic E-state index is 6.69. The van der Waals surface area contributed by atoms with Crippen molar-refractivity contribution < 1.29 is 9.47 Å². The third kappa shape index (κ3) is 3.30. The van der Waals surface area contributed by atoms with Crippen LogP contribution in [-0.4, -0.2) is 56.5 Å². The zero-order valence-electron chi connectivity index (χ0n) is 12.6. The molecular formula is C15H30N2O2. The third-order valence-electron chi connectivity index (χ3n) is 5.12. The average Bonchev–Trinajstić information content (AvgIpc) is 2.95.